The molecule has 1 aromatic heterocycles. The number of nitrogens with zero attached hydrogens (tertiary/aromatic N) is 4. The first-order chi connectivity index (χ1) is 13.7. The number of hydrogen-bond donors (Lipinski definition) is 1. The molecule has 0 radical (unpaired) electrons. The highest BCUT2D eigenvalue weighted by molar-refractivity contribution is 7.22. The third-order valence-electron chi connectivity index (χ3n) is 4.46. The molecule has 0 saturated carbocycles. The van der Waals surface area contributed by atoms with E-state index in [0.717, 1.165) is 20.9 Å². The molecule has 3 aromatic rings. The predicted octanol–water partition coefficient (Wildman–Crippen LogP) is 4.24. The van der Waals surface area contributed by atoms with Crippen LogP contribution in [0.4, 0.5) is 9.52 Å². The highest BCUT2D eigenvalue weighted by atomic mass is 32.1. The van der Waals surface area contributed by atoms with Gasteiger partial charge in [0.1, 0.15) is 5.82 Å². The average Bonchev–Trinajstić information content (AvgIpc) is 3.13. The van der Waals surface area contributed by atoms with E-state index in [1.807, 2.05) is 41.4 Å². The van der Waals surface area contributed by atoms with Gasteiger partial charge in [-0.3, -0.25) is 9.89 Å². The second kappa shape index (κ2) is 8.19. The molecule has 28 heavy (non-hydrogen) atoms. The first-order valence-corrected chi connectivity index (χ1v) is 9.80. The van der Waals surface area contributed by atoms with Crippen LogP contribution in [0.3, 0.4) is 0 Å². The summed E-state index contributed by atoms with van der Waals surface area (Å²) in [7, 11) is 0. The van der Waals surface area contributed by atoms with Gasteiger partial charge in [-0.1, -0.05) is 35.6 Å². The fraction of sp³-hybridized carbons (Fsp3) is 0.190. The van der Waals surface area contributed by atoms with Crippen molar-refractivity contribution < 1.29 is 4.39 Å². The number of nitriles is 1. The summed E-state index contributed by atoms with van der Waals surface area (Å²) < 4.78 is 14.1. The van der Waals surface area contributed by atoms with Gasteiger partial charge in [-0.05, 0) is 42.3 Å². The minimum Gasteiger partial charge on any atom is -0.333 e. The Hall–Kier alpha value is -3.24. The van der Waals surface area contributed by atoms with Crippen molar-refractivity contribution in [1.82, 2.24) is 10.3 Å². The van der Waals surface area contributed by atoms with Gasteiger partial charge in [0.25, 0.3) is 0 Å². The van der Waals surface area contributed by atoms with Crippen LogP contribution < -0.4 is 10.2 Å². The van der Waals surface area contributed by atoms with E-state index in [1.54, 1.807) is 23.5 Å². The van der Waals surface area contributed by atoms with Crippen molar-refractivity contribution in [3.05, 3.63) is 72.2 Å². The lowest BCUT2D eigenvalue weighted by molar-refractivity contribution is 0.627. The summed E-state index contributed by atoms with van der Waals surface area (Å²) in [6.45, 7) is 0.544. The highest BCUT2D eigenvalue weighted by Gasteiger charge is 2.27. The predicted molar refractivity (Wildman–Crippen MR) is 111 cm³/mol. The Labute approximate surface area is 166 Å². The number of thiazole rings is 1. The van der Waals surface area contributed by atoms with Crippen LogP contribution in [-0.2, 0) is 6.42 Å². The monoisotopic (exact) mass is 391 g/mol. The molecule has 1 N–H and O–H groups in total. The van der Waals surface area contributed by atoms with Crippen LogP contribution in [0, 0.1) is 17.1 Å². The molecule has 0 fully saturated rings. The molecule has 1 aliphatic rings. The molecule has 0 amide bonds. The first-order valence-electron chi connectivity index (χ1n) is 8.98. The Bertz CT molecular complexity index is 1030. The summed E-state index contributed by atoms with van der Waals surface area (Å²) >= 11 is 1.58. The largest absolute Gasteiger partial charge is 0.333 e. The van der Waals surface area contributed by atoms with Gasteiger partial charge in [0, 0.05) is 12.7 Å². The second-order valence-electron chi connectivity index (χ2n) is 6.35. The molecule has 0 spiro atoms. The number of halogens is 1. The summed E-state index contributed by atoms with van der Waals surface area (Å²) in [5.74, 6) is 0.430. The quantitative estimate of drug-likeness (QED) is 0.707. The van der Waals surface area contributed by atoms with Crippen LogP contribution in [0.25, 0.3) is 10.2 Å². The van der Waals surface area contributed by atoms with E-state index in [-0.39, 0.29) is 11.9 Å². The highest BCUT2D eigenvalue weighted by Crippen LogP contribution is 2.31. The number of aromatic nitrogens is 1. The Morgan fingerprint density at radius 3 is 2.82 bits per heavy atom. The van der Waals surface area contributed by atoms with Gasteiger partial charge in [-0.25, -0.2) is 9.37 Å². The lowest BCUT2D eigenvalue weighted by Crippen LogP contribution is -2.48. The molecular formula is C21H18FN5S. The van der Waals surface area contributed by atoms with E-state index in [2.05, 4.69) is 11.4 Å². The molecule has 1 atom stereocenters. The summed E-state index contributed by atoms with van der Waals surface area (Å²) in [5, 5.41) is 13.2. The fourth-order valence-corrected chi connectivity index (χ4v) is 4.08. The molecule has 1 aliphatic heterocycles. The molecule has 2 aromatic carbocycles. The molecular weight excluding hydrogens is 373 g/mol. The normalized spacial score (nSPS) is 17.6. The summed E-state index contributed by atoms with van der Waals surface area (Å²) in [5.41, 5.74) is 1.95. The molecule has 7 heteroatoms. The average molecular weight is 391 g/mol. The summed E-state index contributed by atoms with van der Waals surface area (Å²) in [6.07, 6.45) is 4.81. The third-order valence-corrected chi connectivity index (χ3v) is 5.49. The third kappa shape index (κ3) is 3.87. The number of guanidine groups is 1. The molecule has 0 bridgehead atoms. The number of para-hydroxylation sites is 1. The number of aliphatic imine (C=N–C) groups is 1. The summed E-state index contributed by atoms with van der Waals surface area (Å²) in [4.78, 5) is 11.4. The number of benzene rings is 2. The van der Waals surface area contributed by atoms with Gasteiger partial charge < -0.3 is 5.32 Å². The molecule has 0 aliphatic carbocycles. The lowest BCUT2D eigenvalue weighted by Gasteiger charge is -2.32. The standard InChI is InChI=1S/C21H18FN5S/c22-16-7-5-15(6-8-16)10-13-24-20-25-14-11-17(9-12-23)27(20)21-26-18-3-1-2-4-19(18)28-21/h1-8,11,14,17H,9-10,13H2,(H,24,25). The van der Waals surface area contributed by atoms with Gasteiger partial charge >= 0.3 is 0 Å². The van der Waals surface area contributed by atoms with Crippen LogP contribution in [-0.4, -0.2) is 23.5 Å². The van der Waals surface area contributed by atoms with Crippen molar-refractivity contribution in [3.63, 3.8) is 0 Å². The maximum Gasteiger partial charge on any atom is 0.204 e. The van der Waals surface area contributed by atoms with Crippen molar-refractivity contribution in [3.8, 4) is 6.07 Å². The van der Waals surface area contributed by atoms with Crippen molar-refractivity contribution in [1.29, 1.82) is 5.26 Å². The Balaban J connectivity index is 1.60. The number of anilines is 1. The zero-order valence-corrected chi connectivity index (χ0v) is 15.9. The fourth-order valence-electron chi connectivity index (χ4n) is 3.06. The second-order valence-corrected chi connectivity index (χ2v) is 7.36. The van der Waals surface area contributed by atoms with Crippen LogP contribution >= 0.6 is 11.3 Å². The van der Waals surface area contributed by atoms with Gasteiger partial charge in [0.05, 0.1) is 28.7 Å². The minimum atomic E-state index is -0.240. The molecule has 1 unspecified atom stereocenters. The summed E-state index contributed by atoms with van der Waals surface area (Å²) in [6, 6.07) is 16.5. The van der Waals surface area contributed by atoms with Crippen molar-refractivity contribution >= 4 is 32.6 Å². The van der Waals surface area contributed by atoms with Crippen LogP contribution in [0.2, 0.25) is 0 Å². The molecule has 4 rings (SSSR count). The van der Waals surface area contributed by atoms with Gasteiger partial charge in [-0.2, -0.15) is 5.26 Å². The Kier molecular flexibility index (Phi) is 5.31. The number of hydrogen-bond acceptors (Lipinski definition) is 4. The topological polar surface area (TPSA) is 64.3 Å². The lowest BCUT2D eigenvalue weighted by atomic mass is 10.1. The van der Waals surface area contributed by atoms with Crippen LogP contribution in [0.5, 0.6) is 0 Å². The number of fused-ring (bicyclic) bond motifs is 1. The zero-order valence-electron chi connectivity index (χ0n) is 15.0. The minimum absolute atomic E-state index is 0.128. The van der Waals surface area contributed by atoms with E-state index in [9.17, 15) is 9.65 Å². The molecule has 2 heterocycles. The maximum atomic E-state index is 13.1. The van der Waals surface area contributed by atoms with E-state index < -0.39 is 0 Å². The van der Waals surface area contributed by atoms with Crippen molar-refractivity contribution in [2.24, 2.45) is 4.99 Å². The van der Waals surface area contributed by atoms with E-state index in [1.165, 1.54) is 12.1 Å². The number of rotatable bonds is 5. The first kappa shape index (κ1) is 18.1. The Morgan fingerprint density at radius 2 is 2.04 bits per heavy atom. The SMILES string of the molecule is N#CCC1C=CNC(=NCCc2ccc(F)cc2)N1c1nc2ccccc2s1. The zero-order chi connectivity index (χ0) is 19.3. The van der Waals surface area contributed by atoms with E-state index in [4.69, 9.17) is 9.98 Å². The smallest absolute Gasteiger partial charge is 0.204 e. The van der Waals surface area contributed by atoms with E-state index in [0.29, 0.717) is 25.3 Å². The van der Waals surface area contributed by atoms with Crippen LogP contribution in [0.1, 0.15) is 12.0 Å². The number of nitrogens with one attached hydrogen (secondary N) is 1. The molecule has 0 saturated heterocycles. The van der Waals surface area contributed by atoms with Crippen LogP contribution in [0.15, 0.2) is 65.8 Å². The maximum absolute atomic E-state index is 13.1. The van der Waals surface area contributed by atoms with Crippen molar-refractivity contribution in [2.45, 2.75) is 18.9 Å². The van der Waals surface area contributed by atoms with Gasteiger partial charge in [0.2, 0.25) is 5.96 Å². The van der Waals surface area contributed by atoms with E-state index >= 15 is 0 Å². The van der Waals surface area contributed by atoms with Gasteiger partial charge in [0.15, 0.2) is 5.13 Å². The van der Waals surface area contributed by atoms with Gasteiger partial charge in [-0.15, -0.1) is 0 Å². The molecule has 140 valence electrons. The Morgan fingerprint density at radius 1 is 1.21 bits per heavy atom. The van der Waals surface area contributed by atoms with Crippen molar-refractivity contribution in [2.75, 3.05) is 11.4 Å². The molecule has 5 nitrogen and oxygen atoms in total.